The Kier molecular flexibility index (Phi) is 6.39. The molecule has 1 aliphatic heterocycles. The number of aryl methyl sites for hydroxylation is 2. The number of carbonyl (C=O) groups is 2. The fourth-order valence-corrected chi connectivity index (χ4v) is 3.96. The van der Waals surface area contributed by atoms with E-state index >= 15 is 0 Å². The molecule has 0 bridgehead atoms. The molecule has 12 heteroatoms. The van der Waals surface area contributed by atoms with Gasteiger partial charge in [-0.1, -0.05) is 0 Å². The minimum absolute atomic E-state index is 0.0719. The molecule has 12 nitrogen and oxygen atoms in total. The van der Waals surface area contributed by atoms with Crippen molar-refractivity contribution in [2.24, 2.45) is 7.05 Å². The largest absolute Gasteiger partial charge is 0.497 e. The molecule has 0 saturated carbocycles. The van der Waals surface area contributed by atoms with Gasteiger partial charge in [-0.15, -0.1) is 0 Å². The summed E-state index contributed by atoms with van der Waals surface area (Å²) >= 11 is 0. The van der Waals surface area contributed by atoms with Crippen LogP contribution in [0.4, 0.5) is 0 Å². The van der Waals surface area contributed by atoms with E-state index in [1.54, 1.807) is 35.1 Å². The van der Waals surface area contributed by atoms with Crippen LogP contribution in [0.25, 0.3) is 11.2 Å². The highest BCUT2D eigenvalue weighted by Gasteiger charge is 2.26. The van der Waals surface area contributed by atoms with Gasteiger partial charge < -0.3 is 24.3 Å². The molecule has 0 spiro atoms. The van der Waals surface area contributed by atoms with Crippen molar-refractivity contribution in [3.05, 3.63) is 50.4 Å². The van der Waals surface area contributed by atoms with Gasteiger partial charge in [0.15, 0.2) is 5.65 Å². The van der Waals surface area contributed by atoms with E-state index in [1.807, 2.05) is 0 Å². The smallest absolute Gasteiger partial charge is 0.329 e. The summed E-state index contributed by atoms with van der Waals surface area (Å²) in [6.07, 6.45) is 0.481. The first-order valence-corrected chi connectivity index (χ1v) is 10.8. The van der Waals surface area contributed by atoms with Crippen molar-refractivity contribution >= 4 is 23.0 Å². The van der Waals surface area contributed by atoms with Crippen molar-refractivity contribution in [1.29, 1.82) is 0 Å². The maximum Gasteiger partial charge on any atom is 0.329 e. The van der Waals surface area contributed by atoms with Crippen LogP contribution in [-0.2, 0) is 18.3 Å². The van der Waals surface area contributed by atoms with Gasteiger partial charge in [-0.05, 0) is 12.1 Å². The lowest BCUT2D eigenvalue weighted by molar-refractivity contribution is -0.132. The topological polar surface area (TPSA) is 143 Å². The molecular formula is C22H26N6O6. The molecule has 0 radical (unpaired) electrons. The van der Waals surface area contributed by atoms with Crippen LogP contribution in [0, 0.1) is 0 Å². The van der Waals surface area contributed by atoms with Crippen molar-refractivity contribution in [2.45, 2.75) is 12.8 Å². The van der Waals surface area contributed by atoms with Crippen LogP contribution >= 0.6 is 0 Å². The van der Waals surface area contributed by atoms with Crippen molar-refractivity contribution in [1.82, 2.24) is 29.3 Å². The Morgan fingerprint density at radius 1 is 1.03 bits per heavy atom. The molecule has 1 fully saturated rings. The van der Waals surface area contributed by atoms with E-state index in [0.29, 0.717) is 55.5 Å². The predicted octanol–water partition coefficient (Wildman–Crippen LogP) is -0.116. The molecule has 1 saturated heterocycles. The highest BCUT2D eigenvalue weighted by Crippen LogP contribution is 2.26. The van der Waals surface area contributed by atoms with Crippen LogP contribution in [0.5, 0.6) is 11.5 Å². The maximum absolute atomic E-state index is 13.0. The Bertz CT molecular complexity index is 1350. The predicted molar refractivity (Wildman–Crippen MR) is 122 cm³/mol. The Balaban J connectivity index is 1.35. The monoisotopic (exact) mass is 470 g/mol. The number of carbonyl (C=O) groups excluding carboxylic acids is 2. The second-order valence-corrected chi connectivity index (χ2v) is 7.94. The average Bonchev–Trinajstić information content (AvgIpc) is 3.30. The Morgan fingerprint density at radius 3 is 2.41 bits per heavy atom. The normalized spacial score (nSPS) is 13.9. The Labute approximate surface area is 194 Å². The lowest BCUT2D eigenvalue weighted by Crippen LogP contribution is -2.50. The van der Waals surface area contributed by atoms with Gasteiger partial charge in [0.1, 0.15) is 22.8 Å². The van der Waals surface area contributed by atoms with E-state index in [4.69, 9.17) is 9.47 Å². The summed E-state index contributed by atoms with van der Waals surface area (Å²) in [5.74, 6) is 1.25. The number of aromatic nitrogens is 4. The molecule has 1 aromatic carbocycles. The second kappa shape index (κ2) is 9.41. The quantitative estimate of drug-likeness (QED) is 0.512. The minimum Gasteiger partial charge on any atom is -0.497 e. The number of piperazine rings is 1. The number of imidazole rings is 1. The summed E-state index contributed by atoms with van der Waals surface area (Å²) in [5, 5.41) is 0. The molecule has 3 aromatic rings. The number of fused-ring (bicyclic) bond motifs is 1. The molecule has 4 rings (SSSR count). The first kappa shape index (κ1) is 23.1. The summed E-state index contributed by atoms with van der Waals surface area (Å²) in [5.41, 5.74) is -0.205. The molecule has 0 atom stereocenters. The number of hydrogen-bond donors (Lipinski definition) is 2. The Morgan fingerprint density at radius 2 is 1.74 bits per heavy atom. The van der Waals surface area contributed by atoms with Gasteiger partial charge >= 0.3 is 5.69 Å². The number of nitrogens with zero attached hydrogens (tertiary/aromatic N) is 4. The van der Waals surface area contributed by atoms with E-state index in [-0.39, 0.29) is 29.4 Å². The lowest BCUT2D eigenvalue weighted by Gasteiger charge is -2.35. The summed E-state index contributed by atoms with van der Waals surface area (Å²) in [6.45, 7) is 1.64. The van der Waals surface area contributed by atoms with Crippen molar-refractivity contribution < 1.29 is 19.1 Å². The fraction of sp³-hybridized carbons (Fsp3) is 0.409. The number of ether oxygens (including phenoxy) is 2. The zero-order valence-corrected chi connectivity index (χ0v) is 19.2. The molecule has 3 heterocycles. The third-order valence-corrected chi connectivity index (χ3v) is 5.94. The molecule has 1 aliphatic rings. The zero-order chi connectivity index (χ0) is 24.4. The van der Waals surface area contributed by atoms with E-state index in [0.717, 1.165) is 0 Å². The van der Waals surface area contributed by atoms with Gasteiger partial charge in [0.05, 0.1) is 19.8 Å². The Hall–Kier alpha value is -4.09. The molecule has 2 amide bonds. The first-order chi connectivity index (χ1) is 16.3. The van der Waals surface area contributed by atoms with Crippen molar-refractivity contribution in [3.8, 4) is 11.5 Å². The third-order valence-electron chi connectivity index (χ3n) is 5.94. The van der Waals surface area contributed by atoms with Gasteiger partial charge in [0, 0.05) is 52.1 Å². The number of aromatic amines is 2. The van der Waals surface area contributed by atoms with E-state index < -0.39 is 11.2 Å². The summed E-state index contributed by atoms with van der Waals surface area (Å²) < 4.78 is 11.8. The van der Waals surface area contributed by atoms with Crippen LogP contribution in [0.1, 0.15) is 22.6 Å². The zero-order valence-electron chi connectivity index (χ0n) is 19.2. The van der Waals surface area contributed by atoms with Crippen LogP contribution in [0.3, 0.4) is 0 Å². The number of rotatable bonds is 6. The van der Waals surface area contributed by atoms with Crippen molar-refractivity contribution in [3.63, 3.8) is 0 Å². The molecular weight excluding hydrogens is 444 g/mol. The number of benzene rings is 1. The molecule has 0 unspecified atom stereocenters. The van der Waals surface area contributed by atoms with Crippen LogP contribution in [0.15, 0.2) is 27.8 Å². The van der Waals surface area contributed by atoms with E-state index in [9.17, 15) is 19.2 Å². The van der Waals surface area contributed by atoms with Gasteiger partial charge in [-0.3, -0.25) is 23.9 Å². The number of H-pyrrole nitrogens is 2. The number of nitrogens with one attached hydrogen (secondary N) is 2. The number of methoxy groups -OCH3 is 2. The summed E-state index contributed by atoms with van der Waals surface area (Å²) in [4.78, 5) is 62.1. The van der Waals surface area contributed by atoms with E-state index in [1.165, 1.54) is 18.7 Å². The fourth-order valence-electron chi connectivity index (χ4n) is 3.96. The summed E-state index contributed by atoms with van der Waals surface area (Å²) in [7, 11) is 4.56. The molecule has 2 aromatic heterocycles. The standard InChI is InChI=1S/C22H26N6O6/c1-26-19-18(20(30)25-22(26)32)23-16(24-19)6-7-17(29)27-8-10-28(11-9-27)21(31)14-5-4-13(33-2)12-15(14)34-3/h4-5,12H,6-11H2,1-3H3,(H,23,24)(H,25,30,32). The number of amides is 2. The van der Waals surface area contributed by atoms with Gasteiger partial charge in [-0.2, -0.15) is 0 Å². The van der Waals surface area contributed by atoms with Gasteiger partial charge in [0.25, 0.3) is 11.5 Å². The molecule has 180 valence electrons. The summed E-state index contributed by atoms with van der Waals surface area (Å²) in [6, 6.07) is 5.04. The first-order valence-electron chi connectivity index (χ1n) is 10.8. The van der Waals surface area contributed by atoms with Gasteiger partial charge in [-0.25, -0.2) is 9.78 Å². The molecule has 0 aliphatic carbocycles. The van der Waals surface area contributed by atoms with E-state index in [2.05, 4.69) is 15.0 Å². The molecule has 2 N–H and O–H groups in total. The molecule has 34 heavy (non-hydrogen) atoms. The number of hydrogen-bond acceptors (Lipinski definition) is 7. The van der Waals surface area contributed by atoms with Crippen molar-refractivity contribution in [2.75, 3.05) is 40.4 Å². The average molecular weight is 470 g/mol. The third kappa shape index (κ3) is 4.38. The van der Waals surface area contributed by atoms with Gasteiger partial charge in [0.2, 0.25) is 5.91 Å². The van der Waals surface area contributed by atoms with Crippen LogP contribution in [-0.4, -0.2) is 81.5 Å². The minimum atomic E-state index is -0.550. The highest BCUT2D eigenvalue weighted by atomic mass is 16.5. The second-order valence-electron chi connectivity index (χ2n) is 7.94. The highest BCUT2D eigenvalue weighted by molar-refractivity contribution is 5.97. The SMILES string of the molecule is COc1ccc(C(=O)N2CCN(C(=O)CCc3nc4c([nH]3)c(=O)[nH]c(=O)n4C)CC2)c(OC)c1. The lowest BCUT2D eigenvalue weighted by atomic mass is 10.1. The van der Waals surface area contributed by atoms with Crippen LogP contribution in [0.2, 0.25) is 0 Å². The maximum atomic E-state index is 13.0. The van der Waals surface area contributed by atoms with Crippen LogP contribution < -0.4 is 20.7 Å².